The Morgan fingerprint density at radius 1 is 1.26 bits per heavy atom. The molecule has 0 amide bonds. The first-order chi connectivity index (χ1) is 12.9. The quantitative estimate of drug-likeness (QED) is 0.560. The molecule has 6 heteroatoms. The number of rotatable bonds is 8. The minimum Gasteiger partial charge on any atom is -0.496 e. The number of hydrogen-bond donors (Lipinski definition) is 1. The average Bonchev–Trinajstić information content (AvgIpc) is 2.67. The summed E-state index contributed by atoms with van der Waals surface area (Å²) in [6.45, 7) is 3.41. The lowest BCUT2D eigenvalue weighted by Gasteiger charge is -2.30. The molecule has 0 bridgehead atoms. The Kier molecular flexibility index (Phi) is 7.75. The molecular weight excluding hydrogens is 353 g/mol. The molecule has 0 aromatic heterocycles. The summed E-state index contributed by atoms with van der Waals surface area (Å²) in [7, 11) is 1.45. The van der Waals surface area contributed by atoms with Crippen molar-refractivity contribution in [2.45, 2.75) is 51.6 Å². The second-order valence-electron chi connectivity index (χ2n) is 7.00. The van der Waals surface area contributed by atoms with E-state index in [9.17, 15) is 13.2 Å². The predicted molar refractivity (Wildman–Crippen MR) is 103 cm³/mol. The van der Waals surface area contributed by atoms with Gasteiger partial charge in [-0.3, -0.25) is 0 Å². The van der Waals surface area contributed by atoms with Gasteiger partial charge in [0, 0.05) is 30.6 Å². The number of allylic oxidation sites excluding steroid dienone is 1. The average molecular weight is 382 g/mol. The van der Waals surface area contributed by atoms with Crippen LogP contribution in [0.3, 0.4) is 0 Å². The Morgan fingerprint density at radius 2 is 1.96 bits per heavy atom. The summed E-state index contributed by atoms with van der Waals surface area (Å²) in [5, 5.41) is 7.49. The fourth-order valence-corrected chi connectivity index (χ4v) is 3.79. The normalized spacial score (nSPS) is 16.3. The molecule has 0 aliphatic heterocycles. The number of hydrogen-bond acceptors (Lipinski definition) is 3. The van der Waals surface area contributed by atoms with Crippen molar-refractivity contribution in [2.75, 3.05) is 20.2 Å². The van der Waals surface area contributed by atoms with Gasteiger partial charge in [-0.25, -0.2) is 0 Å². The fourth-order valence-electron chi connectivity index (χ4n) is 3.79. The molecule has 0 saturated heterocycles. The Hall–Kier alpha value is -1.98. The summed E-state index contributed by atoms with van der Waals surface area (Å²) in [6.07, 6.45) is 5.57. The van der Waals surface area contributed by atoms with Crippen molar-refractivity contribution < 1.29 is 17.9 Å². The van der Waals surface area contributed by atoms with Crippen molar-refractivity contribution in [1.82, 2.24) is 4.90 Å². The molecule has 2 rings (SSSR count). The van der Waals surface area contributed by atoms with Crippen LogP contribution < -0.4 is 4.74 Å². The van der Waals surface area contributed by atoms with Gasteiger partial charge >= 0.3 is 6.18 Å². The van der Waals surface area contributed by atoms with E-state index in [-0.39, 0.29) is 0 Å². The monoisotopic (exact) mass is 382 g/mol. The van der Waals surface area contributed by atoms with E-state index in [1.54, 1.807) is 6.08 Å². The largest absolute Gasteiger partial charge is 0.496 e. The lowest BCUT2D eigenvalue weighted by atomic mass is 9.87. The van der Waals surface area contributed by atoms with Crippen LogP contribution in [-0.4, -0.2) is 31.3 Å². The maximum absolute atomic E-state index is 13.2. The standard InChI is InChI=1S/C21H29F3N2O/c1-3-26(14-12-16-7-5-4-6-8-16)19(11-13-25)18-15-17(21(22,23)24)9-10-20(18)27-2/h9-11,13,15-16,25H,3-8,12,14H2,1-2H3/b19-11-,25-13?. The summed E-state index contributed by atoms with van der Waals surface area (Å²) in [4.78, 5) is 2.05. The van der Waals surface area contributed by atoms with Gasteiger partial charge in [0.1, 0.15) is 5.75 Å². The molecule has 1 N–H and O–H groups in total. The molecule has 1 aliphatic rings. The van der Waals surface area contributed by atoms with Crippen LogP contribution in [0.2, 0.25) is 0 Å². The molecule has 0 atom stereocenters. The van der Waals surface area contributed by atoms with Crippen LogP contribution in [0.1, 0.15) is 56.6 Å². The van der Waals surface area contributed by atoms with Crippen molar-refractivity contribution in [2.24, 2.45) is 5.92 Å². The van der Waals surface area contributed by atoms with Gasteiger partial charge in [-0.1, -0.05) is 32.1 Å². The van der Waals surface area contributed by atoms with Crippen molar-refractivity contribution in [3.8, 4) is 5.75 Å². The number of nitrogens with one attached hydrogen (secondary N) is 1. The van der Waals surface area contributed by atoms with E-state index >= 15 is 0 Å². The molecule has 1 fully saturated rings. The summed E-state index contributed by atoms with van der Waals surface area (Å²) < 4.78 is 44.9. The smallest absolute Gasteiger partial charge is 0.416 e. The zero-order valence-electron chi connectivity index (χ0n) is 16.1. The minimum atomic E-state index is -4.42. The SMILES string of the molecule is CCN(CCC1CCCCC1)/C(=C\C=N)c1cc(C(F)(F)F)ccc1OC. The lowest BCUT2D eigenvalue weighted by molar-refractivity contribution is -0.137. The van der Waals surface area contributed by atoms with Gasteiger partial charge in [0.15, 0.2) is 0 Å². The molecule has 0 unspecified atom stereocenters. The van der Waals surface area contributed by atoms with E-state index in [4.69, 9.17) is 10.1 Å². The van der Waals surface area contributed by atoms with E-state index in [1.165, 1.54) is 45.3 Å². The third-order valence-electron chi connectivity index (χ3n) is 5.30. The van der Waals surface area contributed by atoms with Crippen LogP contribution in [0.15, 0.2) is 24.3 Å². The molecule has 1 aromatic rings. The van der Waals surface area contributed by atoms with Gasteiger partial charge in [0.25, 0.3) is 0 Å². The number of nitrogens with zero attached hydrogens (tertiary/aromatic N) is 1. The van der Waals surface area contributed by atoms with Crippen molar-refractivity contribution >= 4 is 11.9 Å². The van der Waals surface area contributed by atoms with Crippen LogP contribution >= 0.6 is 0 Å². The van der Waals surface area contributed by atoms with Crippen LogP contribution in [0.4, 0.5) is 13.2 Å². The zero-order valence-corrected chi connectivity index (χ0v) is 16.1. The van der Waals surface area contributed by atoms with Gasteiger partial charge < -0.3 is 15.0 Å². The second kappa shape index (κ2) is 9.81. The predicted octanol–water partition coefficient (Wildman–Crippen LogP) is 6.00. The van der Waals surface area contributed by atoms with E-state index in [2.05, 4.69) is 4.90 Å². The molecule has 150 valence electrons. The van der Waals surface area contributed by atoms with Gasteiger partial charge in [0.2, 0.25) is 0 Å². The topological polar surface area (TPSA) is 36.3 Å². The zero-order chi connectivity index (χ0) is 19.9. The molecule has 0 heterocycles. The highest BCUT2D eigenvalue weighted by atomic mass is 19.4. The van der Waals surface area contributed by atoms with E-state index < -0.39 is 11.7 Å². The highest BCUT2D eigenvalue weighted by molar-refractivity contribution is 5.84. The number of ether oxygens (including phenoxy) is 1. The molecule has 1 saturated carbocycles. The number of alkyl halides is 3. The van der Waals surface area contributed by atoms with Crippen molar-refractivity contribution in [3.63, 3.8) is 0 Å². The Labute approximate surface area is 159 Å². The highest BCUT2D eigenvalue weighted by Gasteiger charge is 2.32. The minimum absolute atomic E-state index is 0.376. The fraction of sp³-hybridized carbons (Fsp3) is 0.571. The van der Waals surface area contributed by atoms with Crippen LogP contribution in [0.5, 0.6) is 5.75 Å². The van der Waals surface area contributed by atoms with Gasteiger partial charge in [-0.2, -0.15) is 13.2 Å². The van der Waals surface area contributed by atoms with Crippen molar-refractivity contribution in [3.05, 3.63) is 35.4 Å². The second-order valence-corrected chi connectivity index (χ2v) is 7.00. The molecule has 27 heavy (non-hydrogen) atoms. The summed E-state index contributed by atoms with van der Waals surface area (Å²) in [5.74, 6) is 1.06. The van der Waals surface area contributed by atoms with Crippen LogP contribution in [0.25, 0.3) is 5.70 Å². The first-order valence-corrected chi connectivity index (χ1v) is 9.62. The summed E-state index contributed by atoms with van der Waals surface area (Å²) in [6, 6.07) is 3.50. The molecule has 1 aliphatic carbocycles. The Bertz CT molecular complexity index is 649. The number of benzene rings is 1. The van der Waals surface area contributed by atoms with Gasteiger partial charge in [-0.05, 0) is 43.5 Å². The lowest BCUT2D eigenvalue weighted by Crippen LogP contribution is -2.26. The van der Waals surface area contributed by atoms with Crippen LogP contribution in [0, 0.1) is 11.3 Å². The molecule has 1 aromatic carbocycles. The summed E-state index contributed by atoms with van der Waals surface area (Å²) >= 11 is 0. The van der Waals surface area contributed by atoms with Crippen LogP contribution in [-0.2, 0) is 6.18 Å². The molecule has 0 spiro atoms. The van der Waals surface area contributed by atoms with E-state index in [0.717, 1.165) is 31.3 Å². The first-order valence-electron chi connectivity index (χ1n) is 9.62. The number of methoxy groups -OCH3 is 1. The van der Waals surface area contributed by atoms with E-state index in [0.29, 0.717) is 29.5 Å². The first kappa shape index (κ1) is 21.3. The molecular formula is C21H29F3N2O. The highest BCUT2D eigenvalue weighted by Crippen LogP contribution is 2.36. The van der Waals surface area contributed by atoms with Gasteiger partial charge in [0.05, 0.1) is 12.7 Å². The van der Waals surface area contributed by atoms with E-state index in [1.807, 2.05) is 6.92 Å². The maximum Gasteiger partial charge on any atom is 0.416 e. The van der Waals surface area contributed by atoms with Gasteiger partial charge in [-0.15, -0.1) is 0 Å². The maximum atomic E-state index is 13.2. The third kappa shape index (κ3) is 5.75. The molecule has 0 radical (unpaired) electrons. The Morgan fingerprint density at radius 3 is 2.52 bits per heavy atom. The van der Waals surface area contributed by atoms with Crippen molar-refractivity contribution in [1.29, 1.82) is 5.41 Å². The number of halogens is 3. The summed E-state index contributed by atoms with van der Waals surface area (Å²) in [5.41, 5.74) is 0.269. The molecule has 3 nitrogen and oxygen atoms in total. The third-order valence-corrected chi connectivity index (χ3v) is 5.30. The Balaban J connectivity index is 2.30.